The SMILES string of the molecule is Cc1oc(-c2cccc(C(F)(F)F)c2)nc1CN1CCC(N)C1.Cl.Cl. The first kappa shape index (κ1) is 21.8. The average molecular weight is 398 g/mol. The normalized spacial score (nSPS) is 17.9. The highest BCUT2D eigenvalue weighted by atomic mass is 35.5. The van der Waals surface area contributed by atoms with Crippen LogP contribution < -0.4 is 5.73 Å². The number of benzene rings is 1. The molecule has 2 heterocycles. The minimum absolute atomic E-state index is 0. The van der Waals surface area contributed by atoms with E-state index in [4.69, 9.17) is 10.2 Å². The van der Waals surface area contributed by atoms with Crippen LogP contribution in [-0.4, -0.2) is 29.0 Å². The van der Waals surface area contributed by atoms with Crippen LogP contribution in [0.1, 0.15) is 23.4 Å². The van der Waals surface area contributed by atoms with Crippen LogP contribution in [-0.2, 0) is 12.7 Å². The zero-order valence-corrected chi connectivity index (χ0v) is 15.2. The summed E-state index contributed by atoms with van der Waals surface area (Å²) >= 11 is 0. The van der Waals surface area contributed by atoms with Crippen LogP contribution in [0.3, 0.4) is 0 Å². The van der Waals surface area contributed by atoms with Crippen molar-refractivity contribution in [3.05, 3.63) is 41.3 Å². The van der Waals surface area contributed by atoms with Crippen LogP contribution in [0.25, 0.3) is 11.5 Å². The summed E-state index contributed by atoms with van der Waals surface area (Å²) in [7, 11) is 0. The summed E-state index contributed by atoms with van der Waals surface area (Å²) in [6, 6.07) is 5.18. The second-order valence-electron chi connectivity index (χ2n) is 5.88. The van der Waals surface area contributed by atoms with E-state index in [9.17, 15) is 13.2 Å². The first-order chi connectivity index (χ1) is 10.8. The highest BCUT2D eigenvalue weighted by molar-refractivity contribution is 5.85. The molecule has 1 saturated heterocycles. The number of hydrogen-bond acceptors (Lipinski definition) is 4. The van der Waals surface area contributed by atoms with Gasteiger partial charge in [-0.1, -0.05) is 6.07 Å². The van der Waals surface area contributed by atoms with Crippen molar-refractivity contribution in [2.75, 3.05) is 13.1 Å². The quantitative estimate of drug-likeness (QED) is 0.848. The second-order valence-corrected chi connectivity index (χ2v) is 5.88. The summed E-state index contributed by atoms with van der Waals surface area (Å²) in [6.45, 7) is 4.06. The number of nitrogens with zero attached hydrogens (tertiary/aromatic N) is 2. The van der Waals surface area contributed by atoms with Gasteiger partial charge in [-0.3, -0.25) is 4.90 Å². The lowest BCUT2D eigenvalue weighted by Gasteiger charge is -2.12. The number of alkyl halides is 3. The van der Waals surface area contributed by atoms with Gasteiger partial charge in [0.1, 0.15) is 5.76 Å². The Hall–Kier alpha value is -1.28. The van der Waals surface area contributed by atoms with Gasteiger partial charge in [-0.15, -0.1) is 24.8 Å². The van der Waals surface area contributed by atoms with E-state index in [0.717, 1.165) is 37.3 Å². The lowest BCUT2D eigenvalue weighted by Crippen LogP contribution is -2.26. The zero-order chi connectivity index (χ0) is 16.6. The molecule has 0 aliphatic carbocycles. The Bertz CT molecular complexity index is 706. The number of rotatable bonds is 3. The molecule has 0 amide bonds. The fraction of sp³-hybridized carbons (Fsp3) is 0.438. The van der Waals surface area contributed by atoms with Crippen LogP contribution in [0.4, 0.5) is 13.2 Å². The molecule has 0 spiro atoms. The summed E-state index contributed by atoms with van der Waals surface area (Å²) in [5.41, 5.74) is 6.24. The monoisotopic (exact) mass is 397 g/mol. The highest BCUT2D eigenvalue weighted by Crippen LogP contribution is 2.32. The summed E-state index contributed by atoms with van der Waals surface area (Å²) in [6.07, 6.45) is -3.44. The molecule has 25 heavy (non-hydrogen) atoms. The highest BCUT2D eigenvalue weighted by Gasteiger charge is 2.31. The van der Waals surface area contributed by atoms with Crippen molar-refractivity contribution < 1.29 is 17.6 Å². The Morgan fingerprint density at radius 1 is 1.32 bits per heavy atom. The third-order valence-electron chi connectivity index (χ3n) is 4.01. The number of likely N-dealkylation sites (tertiary alicyclic amines) is 1. The molecule has 1 aromatic carbocycles. The molecule has 1 unspecified atom stereocenters. The number of oxazole rings is 1. The minimum Gasteiger partial charge on any atom is -0.441 e. The predicted molar refractivity (Wildman–Crippen MR) is 94.0 cm³/mol. The van der Waals surface area contributed by atoms with E-state index >= 15 is 0 Å². The van der Waals surface area contributed by atoms with Gasteiger partial charge in [0, 0.05) is 31.2 Å². The second kappa shape index (κ2) is 8.40. The van der Waals surface area contributed by atoms with Crippen molar-refractivity contribution in [3.63, 3.8) is 0 Å². The molecule has 2 aromatic rings. The van der Waals surface area contributed by atoms with Crippen molar-refractivity contribution in [2.24, 2.45) is 5.73 Å². The van der Waals surface area contributed by atoms with Crippen LogP contribution in [0.5, 0.6) is 0 Å². The zero-order valence-electron chi connectivity index (χ0n) is 13.5. The molecule has 1 fully saturated rings. The maximum atomic E-state index is 12.8. The molecule has 140 valence electrons. The van der Waals surface area contributed by atoms with Crippen LogP contribution in [0, 0.1) is 6.92 Å². The van der Waals surface area contributed by atoms with Gasteiger partial charge in [-0.2, -0.15) is 13.2 Å². The molecule has 0 radical (unpaired) electrons. The van der Waals surface area contributed by atoms with E-state index in [-0.39, 0.29) is 36.7 Å². The number of hydrogen-bond donors (Lipinski definition) is 1. The third kappa shape index (κ3) is 5.10. The third-order valence-corrected chi connectivity index (χ3v) is 4.01. The van der Waals surface area contributed by atoms with Crippen LogP contribution in [0.15, 0.2) is 28.7 Å². The molecule has 0 saturated carbocycles. The van der Waals surface area contributed by atoms with E-state index in [1.54, 1.807) is 13.0 Å². The summed E-state index contributed by atoms with van der Waals surface area (Å²) < 4.78 is 44.0. The van der Waals surface area contributed by atoms with Gasteiger partial charge >= 0.3 is 6.18 Å². The average Bonchev–Trinajstić information content (AvgIpc) is 3.05. The van der Waals surface area contributed by atoms with Crippen LogP contribution >= 0.6 is 24.8 Å². The van der Waals surface area contributed by atoms with Gasteiger partial charge in [-0.25, -0.2) is 4.98 Å². The lowest BCUT2D eigenvalue weighted by molar-refractivity contribution is -0.137. The first-order valence-electron chi connectivity index (χ1n) is 7.45. The summed E-state index contributed by atoms with van der Waals surface area (Å²) in [4.78, 5) is 6.55. The van der Waals surface area contributed by atoms with E-state index < -0.39 is 11.7 Å². The maximum Gasteiger partial charge on any atom is 0.416 e. The van der Waals surface area contributed by atoms with Crippen LogP contribution in [0.2, 0.25) is 0 Å². The Morgan fingerprint density at radius 3 is 2.64 bits per heavy atom. The molecule has 1 aromatic heterocycles. The van der Waals surface area contributed by atoms with Gasteiger partial charge in [0.25, 0.3) is 0 Å². The Kier molecular flexibility index (Phi) is 7.31. The molecule has 3 rings (SSSR count). The summed E-state index contributed by atoms with van der Waals surface area (Å²) in [5.74, 6) is 0.838. The van der Waals surface area contributed by atoms with E-state index in [1.807, 2.05) is 0 Å². The predicted octanol–water partition coefficient (Wildman–Crippen LogP) is 4.05. The molecular weight excluding hydrogens is 378 g/mol. The first-order valence-corrected chi connectivity index (χ1v) is 7.45. The van der Waals surface area contributed by atoms with E-state index in [2.05, 4.69) is 9.88 Å². The van der Waals surface area contributed by atoms with Crippen molar-refractivity contribution in [1.29, 1.82) is 0 Å². The van der Waals surface area contributed by atoms with Gasteiger partial charge in [0.05, 0.1) is 11.3 Å². The standard InChI is InChI=1S/C16H18F3N3O.2ClH/c1-10-14(9-22-6-5-13(20)8-22)21-15(23-10)11-3-2-4-12(7-11)16(17,18)19;;/h2-4,7,13H,5-6,8-9,20H2,1H3;2*1H. The van der Waals surface area contributed by atoms with Gasteiger partial charge in [0.2, 0.25) is 5.89 Å². The van der Waals surface area contributed by atoms with Crippen molar-refractivity contribution in [3.8, 4) is 11.5 Å². The number of aromatic nitrogens is 1. The van der Waals surface area contributed by atoms with Gasteiger partial charge < -0.3 is 10.2 Å². The minimum atomic E-state index is -4.38. The fourth-order valence-electron chi connectivity index (χ4n) is 2.74. The Labute approximate surface area is 156 Å². The van der Waals surface area contributed by atoms with Crippen molar-refractivity contribution in [1.82, 2.24) is 9.88 Å². The Morgan fingerprint density at radius 2 is 2.04 bits per heavy atom. The van der Waals surface area contributed by atoms with E-state index in [1.165, 1.54) is 6.07 Å². The molecular formula is C16H20Cl2F3N3O. The molecule has 1 atom stereocenters. The smallest absolute Gasteiger partial charge is 0.416 e. The molecule has 1 aliphatic heterocycles. The largest absolute Gasteiger partial charge is 0.441 e. The van der Waals surface area contributed by atoms with Crippen molar-refractivity contribution >= 4 is 24.8 Å². The Balaban J connectivity index is 0.00000156. The molecule has 0 bridgehead atoms. The summed E-state index contributed by atoms with van der Waals surface area (Å²) in [5, 5.41) is 0. The maximum absolute atomic E-state index is 12.8. The number of nitrogens with two attached hydrogens (primary N) is 1. The lowest BCUT2D eigenvalue weighted by atomic mass is 10.1. The van der Waals surface area contributed by atoms with E-state index in [0.29, 0.717) is 17.9 Å². The molecule has 9 heteroatoms. The number of aryl methyl sites for hydroxylation is 1. The fourth-order valence-corrected chi connectivity index (χ4v) is 2.74. The molecule has 1 aliphatic rings. The topological polar surface area (TPSA) is 55.3 Å². The van der Waals surface area contributed by atoms with Crippen molar-refractivity contribution in [2.45, 2.75) is 32.1 Å². The van der Waals surface area contributed by atoms with Gasteiger partial charge in [-0.05, 0) is 31.5 Å². The molecule has 4 nitrogen and oxygen atoms in total. The van der Waals surface area contributed by atoms with Gasteiger partial charge in [0.15, 0.2) is 0 Å². The molecule has 2 N–H and O–H groups in total. The number of halogens is 5.